The van der Waals surface area contributed by atoms with E-state index in [4.69, 9.17) is 5.26 Å². The van der Waals surface area contributed by atoms with Crippen molar-refractivity contribution in [2.24, 2.45) is 0 Å². The molecule has 0 bridgehead atoms. The molecule has 0 aromatic heterocycles. The zero-order chi connectivity index (χ0) is 8.10. The Hall–Kier alpha value is -0.184. The number of benzene rings is 1. The Morgan fingerprint density at radius 3 is 2.42 bits per heavy atom. The number of nitrogens with one attached hydrogen (secondary N) is 1. The minimum atomic E-state index is -0.367. The first-order chi connectivity index (χ1) is 5.34. The number of carbonyl (C=O) groups is 1. The van der Waals surface area contributed by atoms with Crippen LogP contribution in [-0.2, 0) is 0 Å². The molecule has 0 aliphatic rings. The van der Waals surface area contributed by atoms with Crippen molar-refractivity contribution >= 4 is 57.3 Å². The van der Waals surface area contributed by atoms with Gasteiger partial charge in [-0.3, -0.25) is 10.1 Å². The van der Waals surface area contributed by atoms with E-state index in [1.165, 1.54) is 0 Å². The number of amides is 1. The van der Waals surface area contributed by atoms with Gasteiger partial charge in [0, 0.05) is 5.56 Å². The first-order valence-corrected chi connectivity index (χ1v) is 3.09. The molecule has 0 aliphatic carbocycles. The van der Waals surface area contributed by atoms with E-state index in [2.05, 4.69) is 0 Å². The first kappa shape index (κ1) is 11.8. The molecule has 1 rings (SSSR count). The Morgan fingerprint density at radius 2 is 1.92 bits per heavy atom. The number of hydrogen-bond acceptors (Lipinski definition) is 2. The van der Waals surface area contributed by atoms with Gasteiger partial charge in [-0.2, -0.15) is 5.26 Å². The third-order valence-electron chi connectivity index (χ3n) is 1.21. The van der Waals surface area contributed by atoms with Crippen molar-refractivity contribution in [1.29, 1.82) is 5.26 Å². The summed E-state index contributed by atoms with van der Waals surface area (Å²) in [6.45, 7) is 0. The van der Waals surface area contributed by atoms with Crippen LogP contribution >= 0.6 is 0 Å². The van der Waals surface area contributed by atoms with Crippen LogP contribution in [-0.4, -0.2) is 57.3 Å². The molecule has 0 spiro atoms. The van der Waals surface area contributed by atoms with Crippen LogP contribution in [0.1, 0.15) is 10.4 Å². The van der Waals surface area contributed by atoms with Gasteiger partial charge in [0.05, 0.1) is 0 Å². The summed E-state index contributed by atoms with van der Waals surface area (Å²) in [5.74, 6) is -0.367. The van der Waals surface area contributed by atoms with Gasteiger partial charge in [0.15, 0.2) is 6.19 Å². The van der Waals surface area contributed by atoms with Gasteiger partial charge in [0.1, 0.15) is 0 Å². The van der Waals surface area contributed by atoms with Gasteiger partial charge >= 0.3 is 51.4 Å². The predicted molar refractivity (Wildman–Crippen MR) is 46.7 cm³/mol. The van der Waals surface area contributed by atoms with Gasteiger partial charge < -0.3 is 0 Å². The average Bonchev–Trinajstić information content (AvgIpc) is 2.07. The van der Waals surface area contributed by atoms with E-state index in [0.717, 1.165) is 0 Å². The van der Waals surface area contributed by atoms with E-state index >= 15 is 0 Å². The molecule has 56 valence electrons. The monoisotopic (exact) mass is 186 g/mol. The third kappa shape index (κ3) is 3.48. The molecule has 12 heavy (non-hydrogen) atoms. The normalized spacial score (nSPS) is 7.58. The maximum absolute atomic E-state index is 10.9. The molecule has 1 amide bonds. The van der Waals surface area contributed by atoms with Crippen molar-refractivity contribution in [1.82, 2.24) is 5.32 Å². The molecule has 0 atom stereocenters. The Kier molecular flexibility index (Phi) is 6.25. The summed E-state index contributed by atoms with van der Waals surface area (Å²) < 4.78 is 0. The molecule has 0 saturated carbocycles. The van der Waals surface area contributed by atoms with Crippen LogP contribution in [0.15, 0.2) is 30.3 Å². The number of rotatable bonds is 1. The molecule has 0 fully saturated rings. The zero-order valence-corrected chi connectivity index (χ0v) is 5.74. The van der Waals surface area contributed by atoms with Crippen LogP contribution in [0, 0.1) is 11.5 Å². The third-order valence-corrected chi connectivity index (χ3v) is 1.21. The summed E-state index contributed by atoms with van der Waals surface area (Å²) in [6, 6.07) is 8.58. The minimum absolute atomic E-state index is 0. The summed E-state index contributed by atoms with van der Waals surface area (Å²) in [5, 5.41) is 10.1. The van der Waals surface area contributed by atoms with Crippen molar-refractivity contribution in [3.63, 3.8) is 0 Å². The summed E-state index contributed by atoms with van der Waals surface area (Å²) in [5.41, 5.74) is 0.494. The summed E-state index contributed by atoms with van der Waals surface area (Å²) in [7, 11) is 0. The maximum atomic E-state index is 10.9. The number of nitrogens with zero attached hydrogens (tertiary/aromatic N) is 1. The molecule has 1 aromatic carbocycles. The second-order valence-electron chi connectivity index (χ2n) is 1.93. The van der Waals surface area contributed by atoms with Crippen molar-refractivity contribution < 1.29 is 4.79 Å². The Labute approximate surface area is 113 Å². The van der Waals surface area contributed by atoms with E-state index in [1.54, 1.807) is 30.5 Å². The SMILES string of the molecule is N#CNC(=O)c1ccccc1.[KH]. The van der Waals surface area contributed by atoms with Crippen LogP contribution in [0.4, 0.5) is 0 Å². The molecular formula is C8H7KN2O. The van der Waals surface area contributed by atoms with Crippen molar-refractivity contribution in [2.75, 3.05) is 0 Å². The standard InChI is InChI=1S/C8H6N2O.K.H/c9-6-10-8(11)7-4-2-1-3-5-7;;/h1-5H,(H,10,11);;. The molecule has 0 unspecified atom stereocenters. The molecule has 1 N–H and O–H groups in total. The summed E-state index contributed by atoms with van der Waals surface area (Å²) >= 11 is 0. The van der Waals surface area contributed by atoms with Gasteiger partial charge in [-0.1, -0.05) is 18.2 Å². The molecule has 3 nitrogen and oxygen atoms in total. The molecule has 0 saturated heterocycles. The van der Waals surface area contributed by atoms with Crippen molar-refractivity contribution in [2.45, 2.75) is 0 Å². The fourth-order valence-electron chi connectivity index (χ4n) is 0.712. The van der Waals surface area contributed by atoms with Gasteiger partial charge in [-0.15, -0.1) is 0 Å². The fraction of sp³-hybridized carbons (Fsp3) is 0. The molecule has 0 heterocycles. The molecule has 0 radical (unpaired) electrons. The van der Waals surface area contributed by atoms with Crippen LogP contribution in [0.2, 0.25) is 0 Å². The van der Waals surface area contributed by atoms with Crippen molar-refractivity contribution in [3.8, 4) is 6.19 Å². The van der Waals surface area contributed by atoms with Gasteiger partial charge in [0.25, 0.3) is 5.91 Å². The Bertz CT molecular complexity index is 292. The fourth-order valence-corrected chi connectivity index (χ4v) is 0.712. The van der Waals surface area contributed by atoms with Crippen LogP contribution in [0.25, 0.3) is 0 Å². The topological polar surface area (TPSA) is 52.9 Å². The number of hydrogen-bond donors (Lipinski definition) is 1. The second kappa shape index (κ2) is 6.35. The second-order valence-corrected chi connectivity index (χ2v) is 1.93. The van der Waals surface area contributed by atoms with E-state index in [9.17, 15) is 4.79 Å². The van der Waals surface area contributed by atoms with E-state index in [1.807, 2.05) is 11.4 Å². The first-order valence-electron chi connectivity index (χ1n) is 3.09. The number of nitriles is 1. The summed E-state index contributed by atoms with van der Waals surface area (Å²) in [4.78, 5) is 10.9. The molecule has 4 heteroatoms. The van der Waals surface area contributed by atoms with E-state index < -0.39 is 0 Å². The average molecular weight is 186 g/mol. The van der Waals surface area contributed by atoms with Crippen LogP contribution in [0.3, 0.4) is 0 Å². The van der Waals surface area contributed by atoms with Gasteiger partial charge in [0.2, 0.25) is 0 Å². The molecular weight excluding hydrogens is 179 g/mol. The quantitative estimate of drug-likeness (QED) is 0.388. The van der Waals surface area contributed by atoms with Crippen LogP contribution < -0.4 is 5.32 Å². The van der Waals surface area contributed by atoms with E-state index in [-0.39, 0.29) is 57.3 Å². The van der Waals surface area contributed by atoms with Crippen LogP contribution in [0.5, 0.6) is 0 Å². The molecule has 1 aromatic rings. The van der Waals surface area contributed by atoms with E-state index in [0.29, 0.717) is 5.56 Å². The van der Waals surface area contributed by atoms with Gasteiger partial charge in [-0.05, 0) is 12.1 Å². The van der Waals surface area contributed by atoms with Gasteiger partial charge in [-0.25, -0.2) is 0 Å². The molecule has 0 aliphatic heterocycles. The van der Waals surface area contributed by atoms with Crippen molar-refractivity contribution in [3.05, 3.63) is 35.9 Å². The zero-order valence-electron chi connectivity index (χ0n) is 5.74. The Morgan fingerprint density at radius 1 is 1.33 bits per heavy atom. The number of carbonyl (C=O) groups excluding carboxylic acids is 1. The Balaban J connectivity index is 0.00000121. The summed E-state index contributed by atoms with van der Waals surface area (Å²) in [6.07, 6.45) is 1.57. The predicted octanol–water partition coefficient (Wildman–Crippen LogP) is 0.249.